The highest BCUT2D eigenvalue weighted by Crippen LogP contribution is 2.36. The average molecular weight is 412 g/mol. The van der Waals surface area contributed by atoms with E-state index in [4.69, 9.17) is 16.3 Å². The van der Waals surface area contributed by atoms with Gasteiger partial charge in [-0.2, -0.15) is 0 Å². The predicted octanol–water partition coefficient (Wildman–Crippen LogP) is 1.37. The van der Waals surface area contributed by atoms with Crippen molar-refractivity contribution in [1.82, 2.24) is 9.88 Å². The highest BCUT2D eigenvalue weighted by molar-refractivity contribution is 6.10. The van der Waals surface area contributed by atoms with Gasteiger partial charge in [0.15, 0.2) is 11.6 Å². The molecular formula is C23H28N2O5. The van der Waals surface area contributed by atoms with Gasteiger partial charge in [-0.05, 0) is 37.8 Å². The Morgan fingerprint density at radius 3 is 2.73 bits per heavy atom. The van der Waals surface area contributed by atoms with Crippen LogP contribution in [-0.2, 0) is 16.0 Å². The lowest BCUT2D eigenvalue weighted by molar-refractivity contribution is -0.114. The Hall–Kier alpha value is -2.53. The van der Waals surface area contributed by atoms with Gasteiger partial charge < -0.3 is 19.8 Å². The minimum Gasteiger partial charge on any atom is -0.394 e. The number of fused-ring (bicyclic) bond motifs is 1. The van der Waals surface area contributed by atoms with E-state index in [0.717, 1.165) is 24.0 Å². The summed E-state index contributed by atoms with van der Waals surface area (Å²) in [6, 6.07) is 1.70. The number of piperidine rings is 1. The van der Waals surface area contributed by atoms with Crippen molar-refractivity contribution in [2.45, 2.75) is 50.7 Å². The fourth-order valence-corrected chi connectivity index (χ4v) is 3.93. The molecule has 1 aliphatic carbocycles. The molecule has 0 aromatic carbocycles. The molecule has 7 nitrogen and oxygen atoms in total. The molecule has 30 heavy (non-hydrogen) atoms. The zero-order valence-electron chi connectivity index (χ0n) is 17.5. The molecule has 0 bridgehead atoms. The summed E-state index contributed by atoms with van der Waals surface area (Å²) in [6.07, 6.45) is 8.33. The van der Waals surface area contributed by atoms with Crippen LogP contribution in [-0.4, -0.2) is 70.2 Å². The third-order valence-electron chi connectivity index (χ3n) is 6.08. The van der Waals surface area contributed by atoms with Gasteiger partial charge >= 0.3 is 0 Å². The van der Waals surface area contributed by atoms with Crippen LogP contribution in [0.3, 0.4) is 0 Å². The van der Waals surface area contributed by atoms with Gasteiger partial charge in [-0.25, -0.2) is 0 Å². The topological polar surface area (TPSA) is 100.0 Å². The summed E-state index contributed by atoms with van der Waals surface area (Å²) in [5.41, 5.74) is 2.60. The first-order valence-corrected chi connectivity index (χ1v) is 10.2. The Bertz CT molecular complexity index is 907. The summed E-state index contributed by atoms with van der Waals surface area (Å²) in [7, 11) is 1.71. The summed E-state index contributed by atoms with van der Waals surface area (Å²) >= 11 is 0. The molecule has 0 amide bonds. The van der Waals surface area contributed by atoms with Crippen molar-refractivity contribution in [1.29, 1.82) is 0 Å². The number of nitrogens with zero attached hydrogens (tertiary/aromatic N) is 2. The summed E-state index contributed by atoms with van der Waals surface area (Å²) < 4.78 is 5.62. The number of carbonyl (C=O) groups excluding carboxylic acids is 2. The number of hydrogen-bond donors (Lipinski definition) is 2. The van der Waals surface area contributed by atoms with Gasteiger partial charge in [-0.3, -0.25) is 14.6 Å². The van der Waals surface area contributed by atoms with Crippen LogP contribution in [0.15, 0.2) is 17.8 Å². The number of aliphatic hydroxyl groups excluding tert-OH is 2. The molecule has 3 rings (SSSR count). The monoisotopic (exact) mass is 412 g/mol. The second-order valence-electron chi connectivity index (χ2n) is 8.13. The van der Waals surface area contributed by atoms with E-state index in [0.29, 0.717) is 24.4 Å². The Morgan fingerprint density at radius 1 is 1.43 bits per heavy atom. The number of methoxy groups -OCH3 is 1. The first kappa shape index (κ1) is 22.2. The van der Waals surface area contributed by atoms with Crippen LogP contribution in [0.4, 0.5) is 0 Å². The third-order valence-corrected chi connectivity index (χ3v) is 6.08. The molecule has 160 valence electrons. The third kappa shape index (κ3) is 4.46. The molecule has 7 heteroatoms. The smallest absolute Gasteiger partial charge is 0.181 e. The summed E-state index contributed by atoms with van der Waals surface area (Å²) in [5.74, 6) is 2.22. The maximum Gasteiger partial charge on any atom is 0.181 e. The largest absolute Gasteiger partial charge is 0.394 e. The Labute approximate surface area is 176 Å². The Kier molecular flexibility index (Phi) is 6.71. The Morgan fingerprint density at radius 2 is 2.13 bits per heavy atom. The van der Waals surface area contributed by atoms with Crippen molar-refractivity contribution in [3.63, 3.8) is 0 Å². The predicted molar refractivity (Wildman–Crippen MR) is 112 cm³/mol. The van der Waals surface area contributed by atoms with Crippen molar-refractivity contribution in [3.05, 3.63) is 34.7 Å². The Balaban J connectivity index is 1.94. The first-order valence-electron chi connectivity index (χ1n) is 10.2. The van der Waals surface area contributed by atoms with Gasteiger partial charge in [0.25, 0.3) is 0 Å². The number of aromatic nitrogens is 1. The quantitative estimate of drug-likeness (QED) is 0.515. The average Bonchev–Trinajstić information content (AvgIpc) is 2.76. The van der Waals surface area contributed by atoms with Crippen molar-refractivity contribution < 1.29 is 24.5 Å². The van der Waals surface area contributed by atoms with E-state index in [1.165, 1.54) is 0 Å². The van der Waals surface area contributed by atoms with E-state index in [2.05, 4.69) is 22.7 Å². The molecule has 1 atom stereocenters. The van der Waals surface area contributed by atoms with Crippen LogP contribution < -0.4 is 0 Å². The number of Topliss-reactive ketones (excluding diaryl/α,β-unsaturated/α-hetero) is 2. The molecule has 1 aromatic rings. The lowest BCUT2D eigenvalue weighted by atomic mass is 9.86. The molecule has 0 radical (unpaired) electrons. The van der Waals surface area contributed by atoms with Crippen molar-refractivity contribution >= 4 is 17.3 Å². The molecule has 1 aromatic heterocycles. The summed E-state index contributed by atoms with van der Waals surface area (Å²) in [4.78, 5) is 31.6. The number of ether oxygens (including phenoxy) is 1. The number of aliphatic hydroxyl groups is 2. The first-order chi connectivity index (χ1) is 14.3. The number of terminal acetylenes is 1. The van der Waals surface area contributed by atoms with Gasteiger partial charge in [-0.15, -0.1) is 6.42 Å². The minimum atomic E-state index is -0.934. The number of ketones is 2. The molecule has 1 aliphatic heterocycles. The lowest BCUT2D eigenvalue weighted by Crippen LogP contribution is -2.43. The van der Waals surface area contributed by atoms with Crippen LogP contribution in [0, 0.1) is 12.3 Å². The maximum atomic E-state index is 12.7. The number of hydrogen-bond acceptors (Lipinski definition) is 7. The molecule has 2 heterocycles. The van der Waals surface area contributed by atoms with Crippen LogP contribution in [0.1, 0.15) is 54.2 Å². The number of carbonyl (C=O) groups is 2. The van der Waals surface area contributed by atoms with E-state index >= 15 is 0 Å². The van der Waals surface area contributed by atoms with Crippen molar-refractivity contribution in [2.24, 2.45) is 0 Å². The number of rotatable bonds is 7. The number of allylic oxidation sites excluding steroid dienone is 1. The van der Waals surface area contributed by atoms with Crippen LogP contribution in [0.25, 0.3) is 5.70 Å². The van der Waals surface area contributed by atoms with Crippen molar-refractivity contribution in [3.8, 4) is 12.3 Å². The minimum absolute atomic E-state index is 0.0728. The van der Waals surface area contributed by atoms with E-state index in [1.54, 1.807) is 19.4 Å². The molecule has 0 saturated carbocycles. The molecule has 2 aliphatic rings. The molecule has 1 unspecified atom stereocenters. The van der Waals surface area contributed by atoms with E-state index in [1.807, 2.05) is 0 Å². The van der Waals surface area contributed by atoms with E-state index in [-0.39, 0.29) is 48.7 Å². The maximum absolute atomic E-state index is 12.7. The SMILES string of the molecule is C#CC1=C(N2CCC(C)(OC)CC2)c2cc(C(=O)CCC(O)CO)ncc2CC1=O. The highest BCUT2D eigenvalue weighted by Gasteiger charge is 2.35. The number of likely N-dealkylation sites (tertiary alicyclic amines) is 1. The molecular weight excluding hydrogens is 384 g/mol. The fraction of sp³-hybridized carbons (Fsp3) is 0.522. The van der Waals surface area contributed by atoms with Gasteiger partial charge in [0.05, 0.1) is 29.6 Å². The van der Waals surface area contributed by atoms with Crippen LogP contribution in [0.5, 0.6) is 0 Å². The zero-order valence-corrected chi connectivity index (χ0v) is 17.5. The van der Waals surface area contributed by atoms with Crippen molar-refractivity contribution in [2.75, 3.05) is 26.8 Å². The standard InChI is InChI=1S/C23H28N2O5/c1-4-17-21(29)11-15-13-24-19(20(28)6-5-16(27)14-26)12-18(15)22(17)25-9-7-23(2,30-3)8-10-25/h1,12-13,16,26-27H,5-11,14H2,2-3H3. The summed E-state index contributed by atoms with van der Waals surface area (Å²) in [6.45, 7) is 3.06. The van der Waals surface area contributed by atoms with Gasteiger partial charge in [0.2, 0.25) is 0 Å². The molecule has 0 spiro atoms. The van der Waals surface area contributed by atoms with Gasteiger partial charge in [0, 0.05) is 44.8 Å². The van der Waals surface area contributed by atoms with Crippen LogP contribution >= 0.6 is 0 Å². The second kappa shape index (κ2) is 9.09. The van der Waals surface area contributed by atoms with E-state index in [9.17, 15) is 14.7 Å². The molecule has 1 fully saturated rings. The molecule has 1 saturated heterocycles. The van der Waals surface area contributed by atoms with Gasteiger partial charge in [0.1, 0.15) is 5.69 Å². The van der Waals surface area contributed by atoms with E-state index < -0.39 is 6.10 Å². The van der Waals surface area contributed by atoms with Gasteiger partial charge in [-0.1, -0.05) is 5.92 Å². The highest BCUT2D eigenvalue weighted by atomic mass is 16.5. The number of pyridine rings is 1. The molecule has 2 N–H and O–H groups in total. The lowest BCUT2D eigenvalue weighted by Gasteiger charge is -2.41. The second-order valence-corrected chi connectivity index (χ2v) is 8.13. The normalized spacial score (nSPS) is 19.3. The zero-order chi connectivity index (χ0) is 21.9. The van der Waals surface area contributed by atoms with Crippen LogP contribution in [0.2, 0.25) is 0 Å². The fourth-order valence-electron chi connectivity index (χ4n) is 3.93. The summed E-state index contributed by atoms with van der Waals surface area (Å²) in [5, 5.41) is 18.5.